The van der Waals surface area contributed by atoms with Crippen molar-refractivity contribution in [1.29, 1.82) is 0 Å². The number of rotatable bonds is 12. The molecule has 0 aliphatic rings. The molecule has 172 valence electrons. The number of hydrogen-bond donors (Lipinski definition) is 7. The van der Waals surface area contributed by atoms with Crippen molar-refractivity contribution in [3.8, 4) is 5.75 Å². The SMILES string of the molecule is CCC(C)C(N)C(=O)NC(Cc1ccc(O)cc1)C(=O)NCC(=O)NC(CS)C(=O)O. The Labute approximate surface area is 186 Å². The standard InChI is InChI=1S/C20H30N4O6S/c1-3-11(2)17(21)19(28)24-14(8-12-4-6-13(25)7-5-12)18(27)22-9-16(26)23-15(10-31)20(29)30/h4-7,11,14-15,17,25,31H,3,8-10,21H2,1-2H3,(H,22,27)(H,23,26)(H,24,28)(H,29,30). The fourth-order valence-electron chi connectivity index (χ4n) is 2.58. The van der Waals surface area contributed by atoms with Gasteiger partial charge < -0.3 is 31.9 Å². The van der Waals surface area contributed by atoms with Crippen LogP contribution in [0.5, 0.6) is 5.75 Å². The highest BCUT2D eigenvalue weighted by Gasteiger charge is 2.27. The van der Waals surface area contributed by atoms with Crippen LogP contribution in [0.2, 0.25) is 0 Å². The minimum atomic E-state index is -1.24. The van der Waals surface area contributed by atoms with Crippen LogP contribution >= 0.6 is 12.6 Å². The highest BCUT2D eigenvalue weighted by atomic mass is 32.1. The molecule has 4 unspecified atom stereocenters. The maximum absolute atomic E-state index is 12.7. The van der Waals surface area contributed by atoms with Crippen molar-refractivity contribution in [1.82, 2.24) is 16.0 Å². The molecule has 11 heteroatoms. The van der Waals surface area contributed by atoms with E-state index in [9.17, 15) is 24.3 Å². The lowest BCUT2D eigenvalue weighted by Crippen LogP contribution is -2.55. The molecule has 0 fully saturated rings. The van der Waals surface area contributed by atoms with Gasteiger partial charge in [-0.15, -0.1) is 0 Å². The first-order valence-electron chi connectivity index (χ1n) is 9.83. The first-order valence-corrected chi connectivity index (χ1v) is 10.5. The number of carbonyl (C=O) groups excluding carboxylic acids is 3. The Bertz CT molecular complexity index is 773. The molecule has 31 heavy (non-hydrogen) atoms. The number of hydrogen-bond acceptors (Lipinski definition) is 7. The number of carboxylic acid groups (broad SMARTS) is 1. The number of carboxylic acids is 1. The molecule has 3 amide bonds. The van der Waals surface area contributed by atoms with Gasteiger partial charge >= 0.3 is 5.97 Å². The van der Waals surface area contributed by atoms with E-state index in [1.807, 2.05) is 13.8 Å². The number of aliphatic carboxylic acids is 1. The molecule has 0 aromatic heterocycles. The summed E-state index contributed by atoms with van der Waals surface area (Å²) in [5.41, 5.74) is 6.62. The molecule has 1 aromatic rings. The zero-order valence-electron chi connectivity index (χ0n) is 17.5. The third-order valence-corrected chi connectivity index (χ3v) is 5.17. The number of aromatic hydroxyl groups is 1. The molecular formula is C20H30N4O6S. The van der Waals surface area contributed by atoms with Gasteiger partial charge in [0, 0.05) is 12.2 Å². The second-order valence-electron chi connectivity index (χ2n) is 7.20. The van der Waals surface area contributed by atoms with Gasteiger partial charge in [0.2, 0.25) is 17.7 Å². The van der Waals surface area contributed by atoms with E-state index in [2.05, 4.69) is 28.6 Å². The molecule has 0 spiro atoms. The number of thiol groups is 1. The van der Waals surface area contributed by atoms with E-state index < -0.39 is 48.4 Å². The van der Waals surface area contributed by atoms with Gasteiger partial charge in [-0.1, -0.05) is 32.4 Å². The summed E-state index contributed by atoms with van der Waals surface area (Å²) < 4.78 is 0. The molecule has 4 atom stereocenters. The summed E-state index contributed by atoms with van der Waals surface area (Å²) in [7, 11) is 0. The van der Waals surface area contributed by atoms with Crippen molar-refractivity contribution in [2.75, 3.05) is 12.3 Å². The number of amides is 3. The zero-order chi connectivity index (χ0) is 23.6. The number of phenols is 1. The quantitative estimate of drug-likeness (QED) is 0.207. The van der Waals surface area contributed by atoms with Gasteiger partial charge in [-0.2, -0.15) is 12.6 Å². The molecule has 0 radical (unpaired) electrons. The second-order valence-corrected chi connectivity index (χ2v) is 7.57. The predicted octanol–water partition coefficient (Wildman–Crippen LogP) is -0.592. The van der Waals surface area contributed by atoms with Gasteiger partial charge in [0.05, 0.1) is 12.6 Å². The average molecular weight is 455 g/mol. The van der Waals surface area contributed by atoms with Gasteiger partial charge in [-0.25, -0.2) is 4.79 Å². The number of carbonyl (C=O) groups is 4. The summed E-state index contributed by atoms with van der Waals surface area (Å²) in [6.07, 6.45) is 0.778. The van der Waals surface area contributed by atoms with Gasteiger partial charge in [0.1, 0.15) is 17.8 Å². The monoisotopic (exact) mass is 454 g/mol. The molecule has 0 aliphatic heterocycles. The summed E-state index contributed by atoms with van der Waals surface area (Å²) >= 11 is 3.85. The van der Waals surface area contributed by atoms with Gasteiger partial charge in [0.15, 0.2) is 0 Å². The molecule has 1 rings (SSSR count). The first-order chi connectivity index (χ1) is 14.6. The average Bonchev–Trinajstić information content (AvgIpc) is 2.75. The Morgan fingerprint density at radius 1 is 1.06 bits per heavy atom. The lowest BCUT2D eigenvalue weighted by atomic mass is 9.98. The van der Waals surface area contributed by atoms with E-state index in [0.717, 1.165) is 0 Å². The van der Waals surface area contributed by atoms with Crippen LogP contribution < -0.4 is 21.7 Å². The van der Waals surface area contributed by atoms with E-state index in [1.165, 1.54) is 12.1 Å². The van der Waals surface area contributed by atoms with Crippen LogP contribution in [-0.4, -0.2) is 64.3 Å². The molecular weight excluding hydrogens is 424 g/mol. The summed E-state index contributed by atoms with van der Waals surface area (Å²) in [6.45, 7) is 3.24. The number of nitrogens with two attached hydrogens (primary N) is 1. The molecule has 7 N–H and O–H groups in total. The summed E-state index contributed by atoms with van der Waals surface area (Å²) in [4.78, 5) is 48.1. The van der Waals surface area contributed by atoms with E-state index in [0.29, 0.717) is 12.0 Å². The Hall–Kier alpha value is -2.79. The number of nitrogens with one attached hydrogen (secondary N) is 3. The summed E-state index contributed by atoms with van der Waals surface area (Å²) in [5, 5.41) is 25.6. The zero-order valence-corrected chi connectivity index (χ0v) is 18.4. The molecule has 0 heterocycles. The molecule has 1 aromatic carbocycles. The summed E-state index contributed by atoms with van der Waals surface area (Å²) in [5.74, 6) is -3.24. The molecule has 0 bridgehead atoms. The summed E-state index contributed by atoms with van der Waals surface area (Å²) in [6, 6.07) is 3.09. The Morgan fingerprint density at radius 3 is 2.19 bits per heavy atom. The van der Waals surface area contributed by atoms with Crippen LogP contribution in [0.15, 0.2) is 24.3 Å². The van der Waals surface area contributed by atoms with Crippen LogP contribution in [0.3, 0.4) is 0 Å². The van der Waals surface area contributed by atoms with Crippen LogP contribution in [0.25, 0.3) is 0 Å². The third kappa shape index (κ3) is 8.85. The fourth-order valence-corrected chi connectivity index (χ4v) is 2.83. The van der Waals surface area contributed by atoms with Gasteiger partial charge in [-0.3, -0.25) is 14.4 Å². The highest BCUT2D eigenvalue weighted by Crippen LogP contribution is 2.12. The topological polar surface area (TPSA) is 171 Å². The lowest BCUT2D eigenvalue weighted by Gasteiger charge is -2.23. The molecule has 10 nitrogen and oxygen atoms in total. The smallest absolute Gasteiger partial charge is 0.327 e. The fraction of sp³-hybridized carbons (Fsp3) is 0.500. The molecule has 0 saturated heterocycles. The maximum Gasteiger partial charge on any atom is 0.327 e. The van der Waals surface area contributed by atoms with Crippen molar-refractivity contribution in [2.45, 2.75) is 44.8 Å². The van der Waals surface area contributed by atoms with Crippen molar-refractivity contribution < 1.29 is 29.4 Å². The molecule has 0 aliphatic carbocycles. The van der Waals surface area contributed by atoms with E-state index in [-0.39, 0.29) is 23.8 Å². The first kappa shape index (κ1) is 26.2. The largest absolute Gasteiger partial charge is 0.508 e. The van der Waals surface area contributed by atoms with Crippen LogP contribution in [-0.2, 0) is 25.6 Å². The minimum absolute atomic E-state index is 0.0569. The van der Waals surface area contributed by atoms with Gasteiger partial charge in [0.25, 0.3) is 0 Å². The van der Waals surface area contributed by atoms with Gasteiger partial charge in [-0.05, 0) is 23.6 Å². The van der Waals surface area contributed by atoms with Crippen LogP contribution in [0.4, 0.5) is 0 Å². The van der Waals surface area contributed by atoms with Crippen molar-refractivity contribution in [2.24, 2.45) is 11.7 Å². The third-order valence-electron chi connectivity index (χ3n) is 4.81. The Morgan fingerprint density at radius 2 is 1.68 bits per heavy atom. The molecule has 0 saturated carbocycles. The predicted molar refractivity (Wildman–Crippen MR) is 118 cm³/mol. The van der Waals surface area contributed by atoms with Crippen molar-refractivity contribution in [3.63, 3.8) is 0 Å². The van der Waals surface area contributed by atoms with Crippen molar-refractivity contribution >= 4 is 36.3 Å². The number of benzene rings is 1. The van der Waals surface area contributed by atoms with E-state index >= 15 is 0 Å². The maximum atomic E-state index is 12.7. The van der Waals surface area contributed by atoms with Crippen LogP contribution in [0.1, 0.15) is 25.8 Å². The number of phenolic OH excluding ortho intramolecular Hbond substituents is 1. The Kier molecular flexibility index (Phi) is 10.8. The minimum Gasteiger partial charge on any atom is -0.508 e. The van der Waals surface area contributed by atoms with E-state index in [4.69, 9.17) is 10.8 Å². The lowest BCUT2D eigenvalue weighted by molar-refractivity contribution is -0.141. The van der Waals surface area contributed by atoms with E-state index in [1.54, 1.807) is 12.1 Å². The highest BCUT2D eigenvalue weighted by molar-refractivity contribution is 7.80. The Balaban J connectivity index is 2.84. The van der Waals surface area contributed by atoms with Crippen LogP contribution in [0, 0.1) is 5.92 Å². The second kappa shape index (κ2) is 12.8. The normalized spacial score (nSPS) is 14.6. The van der Waals surface area contributed by atoms with Crippen molar-refractivity contribution in [3.05, 3.63) is 29.8 Å².